The predicted molar refractivity (Wildman–Crippen MR) is 76.6 cm³/mol. The Kier molecular flexibility index (Phi) is 4.56. The molecule has 1 aromatic carbocycles. The third-order valence-electron chi connectivity index (χ3n) is 3.54. The lowest BCUT2D eigenvalue weighted by Gasteiger charge is -2.17. The average Bonchev–Trinajstić information content (AvgIpc) is 3.15. The van der Waals surface area contributed by atoms with Crippen LogP contribution in [0.25, 0.3) is 0 Å². The Hall–Kier alpha value is -1.39. The number of carbonyl (C=O) groups excluding carboxylic acids is 1. The lowest BCUT2D eigenvalue weighted by Crippen LogP contribution is -2.43. The van der Waals surface area contributed by atoms with Gasteiger partial charge in [0.25, 0.3) is 0 Å². The maximum absolute atomic E-state index is 11.6. The topological polar surface area (TPSA) is 58.4 Å². The summed E-state index contributed by atoms with van der Waals surface area (Å²) in [5.41, 5.74) is 6.58. The predicted octanol–water partition coefficient (Wildman–Crippen LogP) is 1.12. The van der Waals surface area contributed by atoms with Crippen LogP contribution in [0.5, 0.6) is 0 Å². The number of rotatable bonds is 7. The number of nitrogens with zero attached hydrogens (tertiary/aromatic N) is 1. The molecule has 0 heterocycles. The first-order valence-electron chi connectivity index (χ1n) is 6.90. The van der Waals surface area contributed by atoms with Gasteiger partial charge in [-0.05, 0) is 38.4 Å². The summed E-state index contributed by atoms with van der Waals surface area (Å²) in [5.74, 6) is 0.0122. The number of amides is 1. The van der Waals surface area contributed by atoms with Crippen molar-refractivity contribution in [3.63, 3.8) is 0 Å². The second-order valence-electron chi connectivity index (χ2n) is 5.49. The lowest BCUT2D eigenvalue weighted by atomic mass is 10.2. The van der Waals surface area contributed by atoms with E-state index in [9.17, 15) is 4.79 Å². The largest absolute Gasteiger partial charge is 0.354 e. The zero-order valence-electron chi connectivity index (χ0n) is 11.6. The minimum atomic E-state index is -0.546. The lowest BCUT2D eigenvalue weighted by molar-refractivity contribution is -0.123. The van der Waals surface area contributed by atoms with Crippen LogP contribution in [0.2, 0.25) is 0 Å². The SMILES string of the molecule is CN(CCCNC(=O)C1(N)CC1)Cc1ccccc1. The molecule has 104 valence electrons. The molecule has 0 spiro atoms. The number of hydrogen-bond donors (Lipinski definition) is 2. The Morgan fingerprint density at radius 1 is 1.37 bits per heavy atom. The third-order valence-corrected chi connectivity index (χ3v) is 3.54. The van der Waals surface area contributed by atoms with E-state index in [1.165, 1.54) is 5.56 Å². The van der Waals surface area contributed by atoms with Crippen molar-refractivity contribution in [3.8, 4) is 0 Å². The molecule has 0 unspecified atom stereocenters. The maximum Gasteiger partial charge on any atom is 0.240 e. The van der Waals surface area contributed by atoms with E-state index in [-0.39, 0.29) is 5.91 Å². The molecule has 4 nitrogen and oxygen atoms in total. The van der Waals surface area contributed by atoms with Gasteiger partial charge in [-0.2, -0.15) is 0 Å². The fourth-order valence-corrected chi connectivity index (χ4v) is 2.06. The second kappa shape index (κ2) is 6.17. The van der Waals surface area contributed by atoms with Crippen molar-refractivity contribution in [2.75, 3.05) is 20.1 Å². The van der Waals surface area contributed by atoms with E-state index in [0.29, 0.717) is 6.54 Å². The van der Waals surface area contributed by atoms with Crippen LogP contribution in [-0.2, 0) is 11.3 Å². The highest BCUT2D eigenvalue weighted by Gasteiger charge is 2.45. The van der Waals surface area contributed by atoms with E-state index in [1.54, 1.807) is 0 Å². The summed E-state index contributed by atoms with van der Waals surface area (Å²) in [5, 5.41) is 2.91. The number of carbonyl (C=O) groups is 1. The van der Waals surface area contributed by atoms with Crippen LogP contribution >= 0.6 is 0 Å². The molecule has 1 amide bonds. The van der Waals surface area contributed by atoms with Gasteiger partial charge in [-0.1, -0.05) is 30.3 Å². The molecule has 0 bridgehead atoms. The normalized spacial score (nSPS) is 16.4. The standard InChI is InChI=1S/C15H23N3O/c1-18(12-13-6-3-2-4-7-13)11-5-10-17-14(19)15(16)8-9-15/h2-4,6-7H,5,8-12,16H2,1H3,(H,17,19). The molecule has 3 N–H and O–H groups in total. The van der Waals surface area contributed by atoms with E-state index in [2.05, 4.69) is 41.5 Å². The summed E-state index contributed by atoms with van der Waals surface area (Å²) in [7, 11) is 2.10. The summed E-state index contributed by atoms with van der Waals surface area (Å²) in [6.45, 7) is 2.61. The molecule has 0 atom stereocenters. The highest BCUT2D eigenvalue weighted by atomic mass is 16.2. The van der Waals surface area contributed by atoms with Crippen molar-refractivity contribution in [3.05, 3.63) is 35.9 Å². The minimum absolute atomic E-state index is 0.0122. The Morgan fingerprint density at radius 2 is 2.05 bits per heavy atom. The minimum Gasteiger partial charge on any atom is -0.354 e. The van der Waals surface area contributed by atoms with Crippen molar-refractivity contribution >= 4 is 5.91 Å². The third kappa shape index (κ3) is 4.33. The van der Waals surface area contributed by atoms with Gasteiger partial charge < -0.3 is 16.0 Å². The summed E-state index contributed by atoms with van der Waals surface area (Å²) in [6.07, 6.45) is 2.60. The van der Waals surface area contributed by atoms with Gasteiger partial charge >= 0.3 is 0 Å². The Morgan fingerprint density at radius 3 is 2.68 bits per heavy atom. The van der Waals surface area contributed by atoms with Gasteiger partial charge in [0.15, 0.2) is 0 Å². The molecule has 0 radical (unpaired) electrons. The van der Waals surface area contributed by atoms with Crippen LogP contribution in [0.15, 0.2) is 30.3 Å². The number of benzene rings is 1. The number of nitrogens with two attached hydrogens (primary N) is 1. The Bertz CT molecular complexity index is 415. The molecular formula is C15H23N3O. The average molecular weight is 261 g/mol. The number of hydrogen-bond acceptors (Lipinski definition) is 3. The molecule has 19 heavy (non-hydrogen) atoms. The van der Waals surface area contributed by atoms with Crippen molar-refractivity contribution < 1.29 is 4.79 Å². The van der Waals surface area contributed by atoms with Crippen LogP contribution in [0.4, 0.5) is 0 Å². The fraction of sp³-hybridized carbons (Fsp3) is 0.533. The second-order valence-corrected chi connectivity index (χ2v) is 5.49. The van der Waals surface area contributed by atoms with Crippen molar-refractivity contribution in [1.29, 1.82) is 0 Å². The maximum atomic E-state index is 11.6. The summed E-state index contributed by atoms with van der Waals surface area (Å²) in [4.78, 5) is 13.9. The molecule has 0 aliphatic heterocycles. The van der Waals surface area contributed by atoms with Crippen LogP contribution in [0.3, 0.4) is 0 Å². The first-order chi connectivity index (χ1) is 9.10. The molecule has 1 saturated carbocycles. The number of nitrogens with one attached hydrogen (secondary N) is 1. The van der Waals surface area contributed by atoms with E-state index in [4.69, 9.17) is 5.73 Å². The smallest absolute Gasteiger partial charge is 0.240 e. The van der Waals surface area contributed by atoms with Crippen LogP contribution in [0, 0.1) is 0 Å². The van der Waals surface area contributed by atoms with Gasteiger partial charge in [-0.3, -0.25) is 4.79 Å². The van der Waals surface area contributed by atoms with E-state index in [1.807, 2.05) is 6.07 Å². The van der Waals surface area contributed by atoms with Gasteiger partial charge in [0.2, 0.25) is 5.91 Å². The van der Waals surface area contributed by atoms with Crippen molar-refractivity contribution in [2.24, 2.45) is 5.73 Å². The first-order valence-corrected chi connectivity index (χ1v) is 6.90. The van der Waals surface area contributed by atoms with Gasteiger partial charge in [0, 0.05) is 13.1 Å². The molecule has 4 heteroatoms. The van der Waals surface area contributed by atoms with Crippen LogP contribution in [-0.4, -0.2) is 36.5 Å². The van der Waals surface area contributed by atoms with E-state index < -0.39 is 5.54 Å². The van der Waals surface area contributed by atoms with Gasteiger partial charge in [0.05, 0.1) is 5.54 Å². The molecule has 1 aliphatic carbocycles. The highest BCUT2D eigenvalue weighted by Crippen LogP contribution is 2.31. The zero-order chi connectivity index (χ0) is 13.7. The van der Waals surface area contributed by atoms with E-state index in [0.717, 1.165) is 32.4 Å². The molecule has 1 aromatic rings. The molecule has 2 rings (SSSR count). The molecular weight excluding hydrogens is 238 g/mol. The molecule has 0 aromatic heterocycles. The highest BCUT2D eigenvalue weighted by molar-refractivity contribution is 5.88. The Labute approximate surface area is 115 Å². The van der Waals surface area contributed by atoms with Crippen LogP contribution < -0.4 is 11.1 Å². The monoisotopic (exact) mass is 261 g/mol. The van der Waals surface area contributed by atoms with Gasteiger partial charge in [-0.15, -0.1) is 0 Å². The van der Waals surface area contributed by atoms with Gasteiger partial charge in [-0.25, -0.2) is 0 Å². The molecule has 0 saturated heterocycles. The Balaban J connectivity index is 1.59. The quantitative estimate of drug-likeness (QED) is 0.723. The zero-order valence-corrected chi connectivity index (χ0v) is 11.6. The van der Waals surface area contributed by atoms with Crippen molar-refractivity contribution in [1.82, 2.24) is 10.2 Å². The summed E-state index contributed by atoms with van der Waals surface area (Å²) in [6, 6.07) is 10.4. The van der Waals surface area contributed by atoms with E-state index >= 15 is 0 Å². The first kappa shape index (κ1) is 14.0. The fourth-order valence-electron chi connectivity index (χ4n) is 2.06. The summed E-state index contributed by atoms with van der Waals surface area (Å²) < 4.78 is 0. The molecule has 1 fully saturated rings. The van der Waals surface area contributed by atoms with Crippen molar-refractivity contribution in [2.45, 2.75) is 31.3 Å². The van der Waals surface area contributed by atoms with Gasteiger partial charge in [0.1, 0.15) is 0 Å². The summed E-state index contributed by atoms with van der Waals surface area (Å²) >= 11 is 0. The van der Waals surface area contributed by atoms with Crippen LogP contribution in [0.1, 0.15) is 24.8 Å². The molecule has 1 aliphatic rings.